The summed E-state index contributed by atoms with van der Waals surface area (Å²) in [7, 11) is 1.56. The molecule has 0 bridgehead atoms. The number of carbonyl (C=O) groups excluding carboxylic acids is 2. The zero-order chi connectivity index (χ0) is 22.0. The Balaban J connectivity index is 1.63. The summed E-state index contributed by atoms with van der Waals surface area (Å²) < 4.78 is 6.32. The Bertz CT molecular complexity index is 1140. The molecule has 0 aliphatic carbocycles. The number of methoxy groups -OCH3 is 1. The van der Waals surface area contributed by atoms with Gasteiger partial charge in [-0.3, -0.25) is 9.59 Å². The molecule has 0 saturated carbocycles. The highest BCUT2D eigenvalue weighted by atomic mass is 79.9. The van der Waals surface area contributed by atoms with Crippen molar-refractivity contribution in [3.8, 4) is 5.75 Å². The first-order chi connectivity index (χ1) is 15.0. The highest BCUT2D eigenvalue weighted by molar-refractivity contribution is 9.10. The molecule has 1 N–H and O–H groups in total. The predicted octanol–water partition coefficient (Wildman–Crippen LogP) is 4.53. The summed E-state index contributed by atoms with van der Waals surface area (Å²) in [6.07, 6.45) is 0. The molecule has 0 unspecified atom stereocenters. The fraction of sp³-hybridized carbons (Fsp3) is 0.250. The summed E-state index contributed by atoms with van der Waals surface area (Å²) in [4.78, 5) is 28.9. The van der Waals surface area contributed by atoms with Crippen LogP contribution in [-0.4, -0.2) is 50.0 Å². The van der Waals surface area contributed by atoms with Gasteiger partial charge in [0.1, 0.15) is 5.75 Å². The van der Waals surface area contributed by atoms with E-state index in [0.717, 1.165) is 39.7 Å². The van der Waals surface area contributed by atoms with E-state index in [4.69, 9.17) is 4.74 Å². The van der Waals surface area contributed by atoms with Gasteiger partial charge < -0.3 is 19.9 Å². The van der Waals surface area contributed by atoms with Crippen molar-refractivity contribution in [2.45, 2.75) is 6.92 Å². The quantitative estimate of drug-likeness (QED) is 0.594. The zero-order valence-electron chi connectivity index (χ0n) is 17.5. The van der Waals surface area contributed by atoms with Crippen molar-refractivity contribution >= 4 is 49.9 Å². The van der Waals surface area contributed by atoms with E-state index in [1.54, 1.807) is 14.0 Å². The van der Waals surface area contributed by atoms with Crippen LogP contribution in [0.2, 0.25) is 0 Å². The van der Waals surface area contributed by atoms with Gasteiger partial charge in [0.2, 0.25) is 5.91 Å². The molecule has 31 heavy (non-hydrogen) atoms. The number of benzene rings is 3. The number of halogens is 1. The molecule has 1 saturated heterocycles. The number of anilines is 2. The average Bonchev–Trinajstić information content (AvgIpc) is 2.79. The third-order valence-corrected chi connectivity index (χ3v) is 6.40. The van der Waals surface area contributed by atoms with Gasteiger partial charge in [0.05, 0.1) is 28.5 Å². The first-order valence-electron chi connectivity index (χ1n) is 10.2. The SMILES string of the molecule is COc1c(C(=O)Nc2ccccc2N2CCN(C(C)=O)CC2)cc2ccccc2c1Br. The molecule has 0 radical (unpaired) electrons. The molecule has 1 fully saturated rings. The lowest BCUT2D eigenvalue weighted by atomic mass is 10.0. The number of hydrogen-bond donors (Lipinski definition) is 1. The molecule has 7 heteroatoms. The van der Waals surface area contributed by atoms with Crippen LogP contribution in [0.3, 0.4) is 0 Å². The number of rotatable bonds is 4. The zero-order valence-corrected chi connectivity index (χ0v) is 19.1. The van der Waals surface area contributed by atoms with Crippen LogP contribution in [0.4, 0.5) is 11.4 Å². The number of fused-ring (bicyclic) bond motifs is 1. The Morgan fingerprint density at radius 1 is 1.00 bits per heavy atom. The normalized spacial score (nSPS) is 13.9. The smallest absolute Gasteiger partial charge is 0.259 e. The van der Waals surface area contributed by atoms with Gasteiger partial charge in [0.15, 0.2) is 0 Å². The molecule has 0 atom stereocenters. The standard InChI is InChI=1S/C24H24BrN3O3/c1-16(29)27-11-13-28(14-12-27)21-10-6-5-9-20(21)26-24(30)19-15-17-7-3-4-8-18(17)22(25)23(19)31-2/h3-10,15H,11-14H2,1-2H3,(H,26,30). The molecule has 0 aromatic heterocycles. The minimum absolute atomic E-state index is 0.0928. The monoisotopic (exact) mass is 481 g/mol. The number of nitrogens with zero attached hydrogens (tertiary/aromatic N) is 2. The summed E-state index contributed by atoms with van der Waals surface area (Å²) in [6.45, 7) is 4.37. The maximum atomic E-state index is 13.3. The van der Waals surface area contributed by atoms with Crippen LogP contribution in [0.1, 0.15) is 17.3 Å². The van der Waals surface area contributed by atoms with Crippen molar-refractivity contribution in [1.82, 2.24) is 4.90 Å². The fourth-order valence-electron chi connectivity index (χ4n) is 3.96. The van der Waals surface area contributed by atoms with Crippen molar-refractivity contribution in [1.29, 1.82) is 0 Å². The van der Waals surface area contributed by atoms with Crippen molar-refractivity contribution in [2.75, 3.05) is 43.5 Å². The number of para-hydroxylation sites is 2. The molecule has 6 nitrogen and oxygen atoms in total. The van der Waals surface area contributed by atoms with Crippen LogP contribution in [0.15, 0.2) is 59.1 Å². The second-order valence-corrected chi connectivity index (χ2v) is 8.25. The molecule has 3 aromatic carbocycles. The Kier molecular flexibility index (Phi) is 6.13. The van der Waals surface area contributed by atoms with E-state index in [1.165, 1.54) is 0 Å². The summed E-state index contributed by atoms with van der Waals surface area (Å²) in [5.74, 6) is 0.358. The highest BCUT2D eigenvalue weighted by Crippen LogP contribution is 2.37. The van der Waals surface area contributed by atoms with E-state index in [2.05, 4.69) is 26.1 Å². The largest absolute Gasteiger partial charge is 0.495 e. The van der Waals surface area contributed by atoms with E-state index in [1.807, 2.05) is 59.5 Å². The van der Waals surface area contributed by atoms with E-state index < -0.39 is 0 Å². The number of hydrogen-bond acceptors (Lipinski definition) is 4. The highest BCUT2D eigenvalue weighted by Gasteiger charge is 2.23. The molecule has 1 aliphatic heterocycles. The van der Waals surface area contributed by atoms with Gasteiger partial charge in [-0.05, 0) is 44.9 Å². The lowest BCUT2D eigenvalue weighted by molar-refractivity contribution is -0.129. The van der Waals surface area contributed by atoms with Gasteiger partial charge in [0, 0.05) is 33.1 Å². The van der Waals surface area contributed by atoms with Crippen LogP contribution in [0, 0.1) is 0 Å². The summed E-state index contributed by atoms with van der Waals surface area (Å²) in [5, 5.41) is 5.00. The molecule has 1 heterocycles. The Morgan fingerprint density at radius 3 is 2.39 bits per heavy atom. The minimum atomic E-state index is -0.238. The third kappa shape index (κ3) is 4.23. The third-order valence-electron chi connectivity index (χ3n) is 5.61. The average molecular weight is 482 g/mol. The fourth-order valence-corrected chi connectivity index (χ4v) is 4.70. The van der Waals surface area contributed by atoms with Gasteiger partial charge in [-0.25, -0.2) is 0 Å². The predicted molar refractivity (Wildman–Crippen MR) is 127 cm³/mol. The van der Waals surface area contributed by atoms with Gasteiger partial charge in [-0.2, -0.15) is 0 Å². The lowest BCUT2D eigenvalue weighted by Gasteiger charge is -2.36. The van der Waals surface area contributed by atoms with Crippen molar-refractivity contribution in [2.24, 2.45) is 0 Å². The summed E-state index contributed by atoms with van der Waals surface area (Å²) in [6, 6.07) is 17.4. The second kappa shape index (κ2) is 8.98. The molecule has 3 aromatic rings. The first-order valence-corrected chi connectivity index (χ1v) is 10.9. The van der Waals surface area contributed by atoms with Gasteiger partial charge >= 0.3 is 0 Å². The molecular formula is C24H24BrN3O3. The number of ether oxygens (including phenoxy) is 1. The molecule has 0 spiro atoms. The minimum Gasteiger partial charge on any atom is -0.495 e. The van der Waals surface area contributed by atoms with Crippen LogP contribution in [-0.2, 0) is 4.79 Å². The lowest BCUT2D eigenvalue weighted by Crippen LogP contribution is -2.48. The van der Waals surface area contributed by atoms with Crippen molar-refractivity contribution in [3.05, 3.63) is 64.6 Å². The maximum absolute atomic E-state index is 13.3. The second-order valence-electron chi connectivity index (χ2n) is 7.46. The van der Waals surface area contributed by atoms with Crippen LogP contribution in [0.5, 0.6) is 5.75 Å². The van der Waals surface area contributed by atoms with Gasteiger partial charge in [0.25, 0.3) is 5.91 Å². The van der Waals surface area contributed by atoms with E-state index in [9.17, 15) is 9.59 Å². The van der Waals surface area contributed by atoms with E-state index in [0.29, 0.717) is 24.4 Å². The molecule has 1 aliphatic rings. The Morgan fingerprint density at radius 2 is 1.68 bits per heavy atom. The van der Waals surface area contributed by atoms with Crippen LogP contribution >= 0.6 is 15.9 Å². The van der Waals surface area contributed by atoms with E-state index in [-0.39, 0.29) is 11.8 Å². The van der Waals surface area contributed by atoms with Gasteiger partial charge in [-0.15, -0.1) is 0 Å². The topological polar surface area (TPSA) is 61.9 Å². The Labute approximate surface area is 189 Å². The molecule has 2 amide bonds. The van der Waals surface area contributed by atoms with Crippen LogP contribution in [0.25, 0.3) is 10.8 Å². The number of piperazine rings is 1. The molecular weight excluding hydrogens is 458 g/mol. The van der Waals surface area contributed by atoms with Gasteiger partial charge in [-0.1, -0.05) is 36.4 Å². The summed E-state index contributed by atoms with van der Waals surface area (Å²) >= 11 is 3.60. The van der Waals surface area contributed by atoms with E-state index >= 15 is 0 Å². The number of amides is 2. The summed E-state index contributed by atoms with van der Waals surface area (Å²) in [5.41, 5.74) is 2.14. The molecule has 4 rings (SSSR count). The van der Waals surface area contributed by atoms with Crippen molar-refractivity contribution < 1.29 is 14.3 Å². The number of nitrogens with one attached hydrogen (secondary N) is 1. The number of carbonyl (C=O) groups is 2. The van der Waals surface area contributed by atoms with Crippen LogP contribution < -0.4 is 15.0 Å². The first kappa shape index (κ1) is 21.2. The van der Waals surface area contributed by atoms with Crippen molar-refractivity contribution in [3.63, 3.8) is 0 Å². The molecule has 160 valence electrons. The Hall–Kier alpha value is -3.06. The maximum Gasteiger partial charge on any atom is 0.259 e.